The molecule has 0 saturated heterocycles. The van der Waals surface area contributed by atoms with E-state index in [-0.39, 0.29) is 0 Å². The van der Waals surface area contributed by atoms with Gasteiger partial charge in [-0.1, -0.05) is 0 Å². The van der Waals surface area contributed by atoms with Gasteiger partial charge in [0, 0.05) is 23.2 Å². The Balaban J connectivity index is 2.32. The number of halogens is 1. The maximum absolute atomic E-state index is 4.86. The lowest BCUT2D eigenvalue weighted by molar-refractivity contribution is 0.633. The molecule has 0 aliphatic rings. The van der Waals surface area contributed by atoms with Crippen molar-refractivity contribution in [1.82, 2.24) is 4.03 Å². The van der Waals surface area contributed by atoms with Crippen molar-refractivity contribution < 1.29 is 0 Å². The van der Waals surface area contributed by atoms with Crippen LogP contribution in [-0.4, -0.2) is 11.1 Å². The van der Waals surface area contributed by atoms with E-state index >= 15 is 0 Å². The third-order valence-electron chi connectivity index (χ3n) is 0. The van der Waals surface area contributed by atoms with Gasteiger partial charge in [0.1, 0.15) is 0 Å². The normalized spacial score (nSPS) is 9.00. The summed E-state index contributed by atoms with van der Waals surface area (Å²) in [6.45, 7) is 0. The first-order valence-electron chi connectivity index (χ1n) is 0.874. The number of nitrogens with two attached hydrogens (primary N) is 1. The minimum atomic E-state index is 1.31. The molecule has 0 aliphatic heterocycles. The van der Waals surface area contributed by atoms with Crippen LogP contribution >= 0.6 is 16.1 Å². The number of nitrogens with zero attached hydrogens (tertiary/aromatic N) is 1. The molecule has 0 atom stereocenters. The molecule has 0 aliphatic carbocycles. The van der Waals surface area contributed by atoms with Gasteiger partial charge in [0.25, 0.3) is 0 Å². The van der Waals surface area contributed by atoms with Gasteiger partial charge in [0.15, 0.2) is 0 Å². The fourth-order valence-corrected chi connectivity index (χ4v) is 0. The molecule has 0 unspecified atom stereocenters. The van der Waals surface area contributed by atoms with Gasteiger partial charge in [0.05, 0.1) is 0 Å². The Kier molecular flexibility index (Phi) is 1.86. The van der Waals surface area contributed by atoms with E-state index in [0.717, 1.165) is 0 Å². The quantitative estimate of drug-likeness (QED) is 0.282. The van der Waals surface area contributed by atoms with Gasteiger partial charge in [-0.25, -0.2) is 0 Å². The first-order chi connectivity index (χ1) is 1.73. The molecule has 0 bridgehead atoms. The Labute approximate surface area is 33.9 Å². The highest BCUT2D eigenvalue weighted by Crippen LogP contribution is 1.72. The number of hydrazine groups is 1. The van der Waals surface area contributed by atoms with Crippen LogP contribution in [0.1, 0.15) is 0 Å². The largest absolute Gasteiger partial charge is 0.259 e. The van der Waals surface area contributed by atoms with Crippen LogP contribution in [0.5, 0.6) is 0 Å². The predicted octanol–water partition coefficient (Wildman–Crippen LogP) is 0.102. The van der Waals surface area contributed by atoms with Gasteiger partial charge >= 0.3 is 0 Å². The zero-order valence-corrected chi connectivity index (χ0v) is 3.99. The van der Waals surface area contributed by atoms with Gasteiger partial charge in [-0.2, -0.15) is 4.03 Å². The van der Waals surface area contributed by atoms with Gasteiger partial charge in [-0.3, -0.25) is 5.84 Å². The first-order valence-corrected chi connectivity index (χ1v) is 1.58. The minimum absolute atomic E-state index is 1.31. The molecule has 26 valence electrons. The predicted molar refractivity (Wildman–Crippen MR) is 20.9 cm³/mol. The van der Waals surface area contributed by atoms with Crippen LogP contribution in [0.15, 0.2) is 0 Å². The van der Waals surface area contributed by atoms with Gasteiger partial charge < -0.3 is 0 Å². The topological polar surface area (TPSA) is 29.3 Å². The van der Waals surface area contributed by atoms with Crippen molar-refractivity contribution in [2.75, 3.05) is 7.05 Å². The van der Waals surface area contributed by atoms with E-state index in [9.17, 15) is 0 Å². The molecular formula is CH5BrN2. The SMILES string of the molecule is CN(N)Br. The third-order valence-corrected chi connectivity index (χ3v) is 0. The van der Waals surface area contributed by atoms with Gasteiger partial charge in [0.2, 0.25) is 0 Å². The molecule has 0 aromatic carbocycles. The number of hydrogen-bond acceptors (Lipinski definition) is 2. The molecule has 0 rings (SSSR count). The summed E-state index contributed by atoms with van der Waals surface area (Å²) in [5, 5.41) is 0. The Morgan fingerprint density at radius 1 is 2.00 bits per heavy atom. The molecule has 0 radical (unpaired) electrons. The van der Waals surface area contributed by atoms with Crippen LogP contribution in [-0.2, 0) is 0 Å². The molecule has 2 N–H and O–H groups in total. The fourth-order valence-electron chi connectivity index (χ4n) is 0. The molecule has 2 nitrogen and oxygen atoms in total. The molecule has 0 aromatic heterocycles. The maximum Gasteiger partial charge on any atom is 0.0280 e. The van der Waals surface area contributed by atoms with E-state index in [1.54, 1.807) is 7.05 Å². The summed E-state index contributed by atoms with van der Waals surface area (Å²) >= 11 is 2.88. The molecule has 3 heteroatoms. The minimum Gasteiger partial charge on any atom is -0.259 e. The Morgan fingerprint density at radius 3 is 2.00 bits per heavy atom. The highest BCUT2D eigenvalue weighted by atomic mass is 79.9. The number of rotatable bonds is 0. The van der Waals surface area contributed by atoms with E-state index < -0.39 is 0 Å². The lowest BCUT2D eigenvalue weighted by atomic mass is 11.5. The summed E-state index contributed by atoms with van der Waals surface area (Å²) in [6, 6.07) is 0. The van der Waals surface area contributed by atoms with E-state index in [1.165, 1.54) is 4.03 Å². The second-order valence-electron chi connectivity index (χ2n) is 0.525. The lowest BCUT2D eigenvalue weighted by Gasteiger charge is -1.87. The fraction of sp³-hybridized carbons (Fsp3) is 1.00. The summed E-state index contributed by atoms with van der Waals surface area (Å²) in [6.07, 6.45) is 0. The zero-order chi connectivity index (χ0) is 3.58. The van der Waals surface area contributed by atoms with E-state index in [4.69, 9.17) is 5.84 Å². The van der Waals surface area contributed by atoms with Crippen LogP contribution in [0.2, 0.25) is 0 Å². The van der Waals surface area contributed by atoms with Crippen molar-refractivity contribution >= 4 is 16.1 Å². The van der Waals surface area contributed by atoms with Crippen molar-refractivity contribution in [2.45, 2.75) is 0 Å². The molecule has 0 spiro atoms. The van der Waals surface area contributed by atoms with Crippen LogP contribution in [0.3, 0.4) is 0 Å². The summed E-state index contributed by atoms with van der Waals surface area (Å²) in [4.78, 5) is 0. The van der Waals surface area contributed by atoms with E-state index in [2.05, 4.69) is 16.1 Å². The van der Waals surface area contributed by atoms with Crippen molar-refractivity contribution in [3.05, 3.63) is 0 Å². The van der Waals surface area contributed by atoms with Crippen LogP contribution < -0.4 is 5.84 Å². The lowest BCUT2D eigenvalue weighted by Crippen LogP contribution is -2.10. The Morgan fingerprint density at radius 2 is 2.00 bits per heavy atom. The average molecular weight is 125 g/mol. The summed E-state index contributed by atoms with van der Waals surface area (Å²) in [5.74, 6) is 4.86. The molecule has 0 aromatic rings. The molecule has 4 heavy (non-hydrogen) atoms. The summed E-state index contributed by atoms with van der Waals surface area (Å²) < 4.78 is 1.31. The highest BCUT2D eigenvalue weighted by molar-refractivity contribution is 9.07. The van der Waals surface area contributed by atoms with Crippen molar-refractivity contribution in [3.63, 3.8) is 0 Å². The average Bonchev–Trinajstić information content (AvgIpc) is 0.811. The second kappa shape index (κ2) is 1.69. The van der Waals surface area contributed by atoms with Crippen molar-refractivity contribution in [2.24, 2.45) is 5.84 Å². The first kappa shape index (κ1) is 4.40. The van der Waals surface area contributed by atoms with Crippen molar-refractivity contribution in [3.8, 4) is 0 Å². The van der Waals surface area contributed by atoms with Crippen LogP contribution in [0.25, 0.3) is 0 Å². The van der Waals surface area contributed by atoms with Gasteiger partial charge in [-0.05, 0) is 0 Å². The summed E-state index contributed by atoms with van der Waals surface area (Å²) in [7, 11) is 1.69. The summed E-state index contributed by atoms with van der Waals surface area (Å²) in [5.41, 5.74) is 0. The van der Waals surface area contributed by atoms with Gasteiger partial charge in [-0.15, -0.1) is 0 Å². The maximum atomic E-state index is 4.86. The molecule has 0 fully saturated rings. The molecule has 0 saturated carbocycles. The van der Waals surface area contributed by atoms with Crippen molar-refractivity contribution in [1.29, 1.82) is 0 Å². The molecular weight excluding hydrogens is 120 g/mol. The smallest absolute Gasteiger partial charge is 0.0280 e. The molecule has 0 heterocycles. The van der Waals surface area contributed by atoms with E-state index in [1.807, 2.05) is 0 Å². The van der Waals surface area contributed by atoms with Crippen LogP contribution in [0.4, 0.5) is 0 Å². The molecule has 0 amide bonds. The number of hydrogen-bond donors (Lipinski definition) is 1. The highest BCUT2D eigenvalue weighted by Gasteiger charge is 1.61. The Hall–Kier alpha value is 0.400. The zero-order valence-electron chi connectivity index (χ0n) is 2.40. The third kappa shape index (κ3) is 29.4. The second-order valence-corrected chi connectivity index (χ2v) is 1.64. The van der Waals surface area contributed by atoms with E-state index in [0.29, 0.717) is 0 Å². The standard InChI is InChI=1S/CH5BrN2/c1-4(2)3/h3H2,1H3. The monoisotopic (exact) mass is 124 g/mol. The Bertz CT molecular complexity index is 10.8. The van der Waals surface area contributed by atoms with Crippen LogP contribution in [0, 0.1) is 0 Å².